The average Bonchev–Trinajstić information content (AvgIpc) is 3.29. The second kappa shape index (κ2) is 10.9. The number of aryl methyl sites for hydroxylation is 1. The Morgan fingerprint density at radius 1 is 0.912 bits per heavy atom. The molecule has 0 saturated carbocycles. The molecule has 1 fully saturated rings. The van der Waals surface area contributed by atoms with Gasteiger partial charge >= 0.3 is 0 Å². The highest BCUT2D eigenvalue weighted by atomic mass is 32.1. The first kappa shape index (κ1) is 24.1. The minimum atomic E-state index is -0.0405. The molecule has 3 heterocycles. The number of nitrogens with zero attached hydrogens (tertiary/aromatic N) is 4. The van der Waals surface area contributed by atoms with Gasteiger partial charge in [0.25, 0.3) is 5.91 Å². The number of carbonyl (C=O) groups excluding carboxylic acids is 1. The highest BCUT2D eigenvalue weighted by molar-refractivity contribution is 7.18. The van der Waals surface area contributed by atoms with Crippen molar-refractivity contribution < 1.29 is 19.0 Å². The molecule has 1 saturated heterocycles. The zero-order chi connectivity index (χ0) is 24.1. The summed E-state index contributed by atoms with van der Waals surface area (Å²) in [6.07, 6.45) is 2.62. The van der Waals surface area contributed by atoms with Crippen molar-refractivity contribution in [1.29, 1.82) is 0 Å². The number of anilines is 1. The van der Waals surface area contributed by atoms with Gasteiger partial charge in [-0.25, -0.2) is 9.97 Å². The minimum Gasteiger partial charge on any atom is -0.490 e. The number of fused-ring (bicyclic) bond motifs is 1. The summed E-state index contributed by atoms with van der Waals surface area (Å²) in [5, 5.41) is 1.10. The molecule has 0 bridgehead atoms. The molecule has 0 unspecified atom stereocenters. The van der Waals surface area contributed by atoms with Crippen LogP contribution in [0.3, 0.4) is 0 Å². The maximum absolute atomic E-state index is 13.4. The molecule has 1 aromatic carbocycles. The van der Waals surface area contributed by atoms with Crippen molar-refractivity contribution in [2.24, 2.45) is 0 Å². The summed E-state index contributed by atoms with van der Waals surface area (Å²) in [6, 6.07) is 5.71. The van der Waals surface area contributed by atoms with Crippen molar-refractivity contribution in [1.82, 2.24) is 14.9 Å². The lowest BCUT2D eigenvalue weighted by molar-refractivity contribution is 0.0745. The van der Waals surface area contributed by atoms with Gasteiger partial charge in [-0.05, 0) is 45.4 Å². The van der Waals surface area contributed by atoms with Crippen LogP contribution in [0.4, 0.5) is 5.82 Å². The zero-order valence-corrected chi connectivity index (χ0v) is 21.1. The third-order valence-corrected chi connectivity index (χ3v) is 6.92. The Morgan fingerprint density at radius 2 is 1.56 bits per heavy atom. The van der Waals surface area contributed by atoms with Crippen LogP contribution < -0.4 is 19.1 Å². The van der Waals surface area contributed by atoms with Crippen molar-refractivity contribution in [2.75, 3.05) is 50.9 Å². The average molecular weight is 485 g/mol. The number of rotatable bonds is 9. The highest BCUT2D eigenvalue weighted by Gasteiger charge is 2.26. The van der Waals surface area contributed by atoms with Gasteiger partial charge in [0.2, 0.25) is 5.75 Å². The fourth-order valence-electron chi connectivity index (χ4n) is 4.14. The Morgan fingerprint density at radius 3 is 2.15 bits per heavy atom. The number of hydrogen-bond acceptors (Lipinski definition) is 8. The Kier molecular flexibility index (Phi) is 7.72. The molecule has 3 aromatic rings. The van der Waals surface area contributed by atoms with Gasteiger partial charge in [-0.15, -0.1) is 11.3 Å². The van der Waals surface area contributed by atoms with Crippen LogP contribution in [0.1, 0.15) is 42.9 Å². The molecule has 9 heteroatoms. The fourth-order valence-corrected chi connectivity index (χ4v) is 5.06. The van der Waals surface area contributed by atoms with Crippen LogP contribution in [0.25, 0.3) is 10.2 Å². The van der Waals surface area contributed by atoms with Gasteiger partial charge < -0.3 is 24.0 Å². The molecule has 0 N–H and O–H groups in total. The first-order valence-electron chi connectivity index (χ1n) is 11.9. The molecule has 2 aromatic heterocycles. The van der Waals surface area contributed by atoms with Crippen LogP contribution >= 0.6 is 11.3 Å². The summed E-state index contributed by atoms with van der Waals surface area (Å²) in [5.41, 5.74) is 0.540. The summed E-state index contributed by atoms with van der Waals surface area (Å²) >= 11 is 1.72. The number of thiophene rings is 1. The molecule has 8 nitrogen and oxygen atoms in total. The van der Waals surface area contributed by atoms with E-state index in [1.807, 2.05) is 25.7 Å². The molecule has 1 amide bonds. The van der Waals surface area contributed by atoms with Gasteiger partial charge in [-0.2, -0.15) is 0 Å². The second-order valence-electron chi connectivity index (χ2n) is 7.86. The van der Waals surface area contributed by atoms with Crippen molar-refractivity contribution in [3.05, 3.63) is 35.0 Å². The molecule has 1 aliphatic rings. The summed E-state index contributed by atoms with van der Waals surface area (Å²) < 4.78 is 17.3. The number of amides is 1. The first-order chi connectivity index (χ1) is 16.6. The van der Waals surface area contributed by atoms with Gasteiger partial charge in [-0.1, -0.05) is 6.92 Å². The molecular formula is C25H32N4O4S. The summed E-state index contributed by atoms with van der Waals surface area (Å²) in [4.78, 5) is 28.9. The third-order valence-electron chi connectivity index (χ3n) is 5.73. The lowest BCUT2D eigenvalue weighted by atomic mass is 10.1. The molecule has 182 valence electrons. The molecule has 0 aliphatic carbocycles. The number of carbonyl (C=O) groups is 1. The summed E-state index contributed by atoms with van der Waals surface area (Å²) in [6.45, 7) is 11.9. The van der Waals surface area contributed by atoms with Crippen molar-refractivity contribution >= 4 is 33.3 Å². The largest absolute Gasteiger partial charge is 0.490 e. The summed E-state index contributed by atoms with van der Waals surface area (Å²) in [5.74, 6) is 2.52. The predicted octanol–water partition coefficient (Wildman–Crippen LogP) is 4.41. The van der Waals surface area contributed by atoms with E-state index < -0.39 is 0 Å². The van der Waals surface area contributed by atoms with Crippen molar-refractivity contribution in [3.8, 4) is 17.2 Å². The smallest absolute Gasteiger partial charge is 0.254 e. The Hall–Kier alpha value is -3.07. The van der Waals surface area contributed by atoms with Crippen LogP contribution in [0.5, 0.6) is 17.2 Å². The third kappa shape index (κ3) is 4.89. The fraction of sp³-hybridized carbons (Fsp3) is 0.480. The number of hydrogen-bond donors (Lipinski definition) is 0. The van der Waals surface area contributed by atoms with Crippen LogP contribution in [0.15, 0.2) is 24.5 Å². The zero-order valence-electron chi connectivity index (χ0n) is 20.3. The van der Waals surface area contributed by atoms with E-state index in [1.54, 1.807) is 29.8 Å². The number of ether oxygens (including phenoxy) is 3. The number of aromatic nitrogens is 2. The van der Waals surface area contributed by atoms with Gasteiger partial charge in [-0.3, -0.25) is 4.79 Å². The van der Waals surface area contributed by atoms with Crippen molar-refractivity contribution in [2.45, 2.75) is 34.1 Å². The van der Waals surface area contributed by atoms with E-state index in [4.69, 9.17) is 14.2 Å². The van der Waals surface area contributed by atoms with Crippen molar-refractivity contribution in [3.63, 3.8) is 0 Å². The molecule has 0 radical (unpaired) electrons. The maximum atomic E-state index is 13.4. The lowest BCUT2D eigenvalue weighted by Gasteiger charge is -2.35. The van der Waals surface area contributed by atoms with Crippen LogP contribution in [-0.2, 0) is 6.42 Å². The maximum Gasteiger partial charge on any atom is 0.254 e. The van der Waals surface area contributed by atoms with Crippen LogP contribution in [0.2, 0.25) is 0 Å². The first-order valence-corrected chi connectivity index (χ1v) is 12.7. The Bertz CT molecular complexity index is 1110. The topological polar surface area (TPSA) is 77.0 Å². The highest BCUT2D eigenvalue weighted by Crippen LogP contribution is 2.39. The SMILES string of the molecule is CCOc1cc(C(=O)N2CCN(c3ncnc4sc(CC)cc34)CC2)cc(OCC)c1OCC. The quantitative estimate of drug-likeness (QED) is 0.445. The van der Waals surface area contributed by atoms with Gasteiger partial charge in [0, 0.05) is 36.6 Å². The molecule has 0 spiro atoms. The van der Waals surface area contributed by atoms with Gasteiger partial charge in [0.15, 0.2) is 11.5 Å². The van der Waals surface area contributed by atoms with E-state index >= 15 is 0 Å². The number of piperazine rings is 1. The monoisotopic (exact) mass is 484 g/mol. The molecule has 1 aliphatic heterocycles. The van der Waals surface area contributed by atoms with E-state index in [9.17, 15) is 4.79 Å². The molecular weight excluding hydrogens is 452 g/mol. The van der Waals surface area contributed by atoms with Gasteiger partial charge in [0.05, 0.1) is 25.2 Å². The van der Waals surface area contributed by atoms with Crippen LogP contribution in [-0.4, -0.2) is 66.8 Å². The van der Waals surface area contributed by atoms with E-state index in [0.29, 0.717) is 68.8 Å². The number of benzene rings is 1. The second-order valence-corrected chi connectivity index (χ2v) is 8.98. The molecule has 0 atom stereocenters. The Labute approximate surface area is 204 Å². The van der Waals surface area contributed by atoms with E-state index in [-0.39, 0.29) is 5.91 Å². The minimum absolute atomic E-state index is 0.0405. The standard InChI is InChI=1S/C25H32N4O4S/c1-5-18-15-19-23(26-16-27-24(19)34-18)28-9-11-29(12-10-28)25(30)17-13-20(31-6-2)22(33-8-4)21(14-17)32-7-3/h13-16H,5-12H2,1-4H3. The Balaban J connectivity index is 1.53. The normalized spacial score (nSPS) is 13.9. The lowest BCUT2D eigenvalue weighted by Crippen LogP contribution is -2.49. The molecule has 4 rings (SSSR count). The predicted molar refractivity (Wildman–Crippen MR) is 135 cm³/mol. The summed E-state index contributed by atoms with van der Waals surface area (Å²) in [7, 11) is 0. The van der Waals surface area contributed by atoms with E-state index in [2.05, 4.69) is 27.9 Å². The van der Waals surface area contributed by atoms with E-state index in [1.165, 1.54) is 4.88 Å². The molecule has 34 heavy (non-hydrogen) atoms. The van der Waals surface area contributed by atoms with Gasteiger partial charge in [0.1, 0.15) is 17.0 Å². The van der Waals surface area contributed by atoms with Crippen LogP contribution in [0, 0.1) is 0 Å². The van der Waals surface area contributed by atoms with E-state index in [0.717, 1.165) is 22.5 Å².